The van der Waals surface area contributed by atoms with Crippen LogP contribution in [-0.2, 0) is 21.2 Å². The molecule has 4 unspecified atom stereocenters. The number of carboxylic acid groups (broad SMARTS) is 1. The highest BCUT2D eigenvalue weighted by atomic mass is 32.2. The van der Waals surface area contributed by atoms with Gasteiger partial charge in [0.1, 0.15) is 11.9 Å². The van der Waals surface area contributed by atoms with Crippen molar-refractivity contribution in [3.63, 3.8) is 0 Å². The van der Waals surface area contributed by atoms with Crippen molar-refractivity contribution in [1.29, 1.82) is 0 Å². The molecule has 1 fully saturated rings. The summed E-state index contributed by atoms with van der Waals surface area (Å²) in [4.78, 5) is 10.8. The highest BCUT2D eigenvalue weighted by molar-refractivity contribution is 7.92. The van der Waals surface area contributed by atoms with Crippen molar-refractivity contribution in [3.8, 4) is 5.75 Å². The Morgan fingerprint density at radius 3 is 2.57 bits per heavy atom. The van der Waals surface area contributed by atoms with Crippen LogP contribution in [0.4, 0.5) is 5.69 Å². The van der Waals surface area contributed by atoms with Crippen LogP contribution in [0.25, 0.3) is 0 Å². The minimum absolute atomic E-state index is 0.0771. The third kappa shape index (κ3) is 3.77. The van der Waals surface area contributed by atoms with Crippen LogP contribution in [0.15, 0.2) is 48.5 Å². The van der Waals surface area contributed by atoms with E-state index in [0.29, 0.717) is 30.7 Å². The van der Waals surface area contributed by atoms with Gasteiger partial charge in [0.2, 0.25) is 10.0 Å². The van der Waals surface area contributed by atoms with Crippen molar-refractivity contribution < 1.29 is 28.2 Å². The number of anilines is 1. The van der Waals surface area contributed by atoms with E-state index in [1.165, 1.54) is 4.31 Å². The summed E-state index contributed by atoms with van der Waals surface area (Å²) in [5.41, 5.74) is 2.30. The number of aliphatic carboxylic acids is 1. The average molecular weight is 432 g/mol. The number of carboxylic acids is 1. The molecule has 8 heteroatoms. The number of benzene rings is 2. The molecular weight excluding hydrogens is 406 g/mol. The lowest BCUT2D eigenvalue weighted by Gasteiger charge is -2.34. The van der Waals surface area contributed by atoms with E-state index in [2.05, 4.69) is 0 Å². The van der Waals surface area contributed by atoms with Crippen molar-refractivity contribution in [3.05, 3.63) is 59.7 Å². The second kappa shape index (κ2) is 7.92. The van der Waals surface area contributed by atoms with E-state index in [-0.39, 0.29) is 18.4 Å². The molecule has 160 valence electrons. The summed E-state index contributed by atoms with van der Waals surface area (Å²) in [6, 6.07) is 13.8. The number of aryl methyl sites for hydroxylation is 1. The van der Waals surface area contributed by atoms with Gasteiger partial charge in [0, 0.05) is 24.3 Å². The van der Waals surface area contributed by atoms with Gasteiger partial charge in [-0.05, 0) is 30.5 Å². The van der Waals surface area contributed by atoms with Crippen molar-refractivity contribution in [1.82, 2.24) is 0 Å². The molecule has 0 radical (unpaired) electrons. The Morgan fingerprint density at radius 1 is 1.17 bits per heavy atom. The van der Waals surface area contributed by atoms with Gasteiger partial charge in [0.15, 0.2) is 0 Å². The van der Waals surface area contributed by atoms with E-state index in [1.54, 1.807) is 24.3 Å². The van der Waals surface area contributed by atoms with Gasteiger partial charge >= 0.3 is 5.97 Å². The van der Waals surface area contributed by atoms with Gasteiger partial charge in [-0.1, -0.05) is 36.4 Å². The van der Waals surface area contributed by atoms with E-state index in [4.69, 9.17) is 9.84 Å². The van der Waals surface area contributed by atoms with Crippen LogP contribution in [0, 0.1) is 0 Å². The van der Waals surface area contributed by atoms with Gasteiger partial charge < -0.3 is 14.9 Å². The van der Waals surface area contributed by atoms with Crippen molar-refractivity contribution in [2.45, 2.75) is 49.9 Å². The molecule has 0 saturated heterocycles. The molecule has 2 N–H and O–H groups in total. The minimum Gasteiger partial charge on any atom is -0.489 e. The first-order valence-electron chi connectivity index (χ1n) is 10.00. The SMILES string of the molecule is CS(=O)(=O)N(c1ccccc1)C1C(O)CC2Oc3c(CCCC(=O)O)cccc3C21. The van der Waals surface area contributed by atoms with E-state index >= 15 is 0 Å². The number of fused-ring (bicyclic) bond motifs is 3. The predicted molar refractivity (Wildman–Crippen MR) is 112 cm³/mol. The Morgan fingerprint density at radius 2 is 1.90 bits per heavy atom. The molecule has 1 saturated carbocycles. The molecule has 2 aliphatic rings. The zero-order chi connectivity index (χ0) is 21.5. The Hall–Kier alpha value is -2.58. The Bertz CT molecular complexity index is 1040. The number of carbonyl (C=O) groups is 1. The fourth-order valence-electron chi connectivity index (χ4n) is 4.74. The number of nitrogens with zero attached hydrogens (tertiary/aromatic N) is 1. The number of sulfonamides is 1. The number of aliphatic hydroxyl groups is 1. The average Bonchev–Trinajstić information content (AvgIpc) is 3.18. The van der Waals surface area contributed by atoms with E-state index < -0.39 is 28.1 Å². The molecule has 30 heavy (non-hydrogen) atoms. The number of hydrogen-bond donors (Lipinski definition) is 2. The first-order valence-corrected chi connectivity index (χ1v) is 11.8. The number of ether oxygens (including phenoxy) is 1. The summed E-state index contributed by atoms with van der Waals surface area (Å²) < 4.78 is 33.0. The van der Waals surface area contributed by atoms with E-state index in [0.717, 1.165) is 17.4 Å². The summed E-state index contributed by atoms with van der Waals surface area (Å²) >= 11 is 0. The lowest BCUT2D eigenvalue weighted by atomic mass is 9.91. The largest absolute Gasteiger partial charge is 0.489 e. The monoisotopic (exact) mass is 431 g/mol. The van der Waals surface area contributed by atoms with Gasteiger partial charge in [-0.25, -0.2) is 8.42 Å². The summed E-state index contributed by atoms with van der Waals surface area (Å²) in [5, 5.41) is 19.7. The minimum atomic E-state index is -3.66. The Kier molecular flexibility index (Phi) is 5.46. The molecule has 2 aromatic carbocycles. The molecule has 1 aliphatic carbocycles. The first-order chi connectivity index (χ1) is 14.3. The molecule has 0 amide bonds. The Labute approximate surface area is 176 Å². The van der Waals surface area contributed by atoms with Gasteiger partial charge in [-0.3, -0.25) is 9.10 Å². The van der Waals surface area contributed by atoms with Crippen molar-refractivity contribution in [2.75, 3.05) is 10.6 Å². The zero-order valence-electron chi connectivity index (χ0n) is 16.6. The van der Waals surface area contributed by atoms with Crippen LogP contribution in [0.2, 0.25) is 0 Å². The zero-order valence-corrected chi connectivity index (χ0v) is 17.5. The highest BCUT2D eigenvalue weighted by Gasteiger charge is 2.54. The number of rotatable bonds is 7. The molecule has 0 bridgehead atoms. The van der Waals surface area contributed by atoms with Crippen molar-refractivity contribution >= 4 is 21.7 Å². The third-order valence-corrected chi connectivity index (χ3v) is 7.04. The lowest BCUT2D eigenvalue weighted by molar-refractivity contribution is -0.137. The fourth-order valence-corrected chi connectivity index (χ4v) is 5.96. The lowest BCUT2D eigenvalue weighted by Crippen LogP contribution is -2.47. The molecule has 4 atom stereocenters. The topological polar surface area (TPSA) is 104 Å². The fraction of sp³-hybridized carbons (Fsp3) is 0.409. The highest BCUT2D eigenvalue weighted by Crippen LogP contribution is 2.51. The summed E-state index contributed by atoms with van der Waals surface area (Å²) in [5.74, 6) is -0.434. The maximum atomic E-state index is 12.8. The van der Waals surface area contributed by atoms with Crippen LogP contribution in [-0.4, -0.2) is 49.1 Å². The van der Waals surface area contributed by atoms with Gasteiger partial charge in [-0.15, -0.1) is 0 Å². The summed E-state index contributed by atoms with van der Waals surface area (Å²) in [7, 11) is -3.66. The smallest absolute Gasteiger partial charge is 0.303 e. The molecule has 4 rings (SSSR count). The standard InChI is InChI=1S/C22H25NO6S/c1-30(27,28)23(15-9-3-2-4-10-15)21-17(24)13-18-20(21)16-11-5-7-14(22(16)29-18)8-6-12-19(25)26/h2-5,7,9-11,17-18,20-21,24H,6,8,12-13H2,1H3,(H,25,26). The number of aliphatic hydroxyl groups excluding tert-OH is 1. The second-order valence-electron chi connectivity index (χ2n) is 7.95. The summed E-state index contributed by atoms with van der Waals surface area (Å²) in [6.45, 7) is 0. The molecule has 1 aliphatic heterocycles. The predicted octanol–water partition coefficient (Wildman–Crippen LogP) is 2.54. The third-order valence-electron chi connectivity index (χ3n) is 5.87. The van der Waals surface area contributed by atoms with Crippen LogP contribution >= 0.6 is 0 Å². The molecule has 0 spiro atoms. The summed E-state index contributed by atoms with van der Waals surface area (Å²) in [6.07, 6.45) is 1.43. The normalized spacial score (nSPS) is 24.7. The van der Waals surface area contributed by atoms with Crippen LogP contribution in [0.1, 0.15) is 36.3 Å². The van der Waals surface area contributed by atoms with Crippen LogP contribution < -0.4 is 9.04 Å². The number of para-hydroxylation sites is 2. The quantitative estimate of drug-likeness (QED) is 0.698. The Balaban J connectivity index is 1.71. The molecule has 7 nitrogen and oxygen atoms in total. The van der Waals surface area contributed by atoms with Gasteiger partial charge in [-0.2, -0.15) is 0 Å². The molecular formula is C22H25NO6S. The number of hydrogen-bond acceptors (Lipinski definition) is 5. The van der Waals surface area contributed by atoms with Crippen LogP contribution in [0.5, 0.6) is 5.75 Å². The molecule has 2 aromatic rings. The van der Waals surface area contributed by atoms with Crippen LogP contribution in [0.3, 0.4) is 0 Å². The molecule has 0 aromatic heterocycles. The van der Waals surface area contributed by atoms with E-state index in [9.17, 15) is 18.3 Å². The first kappa shape index (κ1) is 20.7. The molecule has 1 heterocycles. The van der Waals surface area contributed by atoms with Gasteiger partial charge in [0.05, 0.1) is 24.1 Å². The maximum absolute atomic E-state index is 12.8. The maximum Gasteiger partial charge on any atom is 0.303 e. The van der Waals surface area contributed by atoms with Crippen molar-refractivity contribution in [2.24, 2.45) is 0 Å². The van der Waals surface area contributed by atoms with Gasteiger partial charge in [0.25, 0.3) is 0 Å². The second-order valence-corrected chi connectivity index (χ2v) is 9.81. The van der Waals surface area contributed by atoms with E-state index in [1.807, 2.05) is 24.3 Å².